The molecule has 0 atom stereocenters. The van der Waals surface area contributed by atoms with Crippen LogP contribution in [-0.2, 0) is 19.5 Å². The number of aromatic nitrogens is 2. The molecule has 2 aromatic rings. The molecule has 2 N–H and O–H groups in total. The van der Waals surface area contributed by atoms with Gasteiger partial charge in [-0.2, -0.15) is 0 Å². The smallest absolute Gasteiger partial charge is 0.286 e. The first kappa shape index (κ1) is 15.9. The maximum atomic E-state index is 11.2. The highest BCUT2D eigenvalue weighted by Crippen LogP contribution is 2.26. The number of hydrogen-bond acceptors (Lipinski definition) is 5. The maximum Gasteiger partial charge on any atom is 0.286 e. The van der Waals surface area contributed by atoms with Crippen molar-refractivity contribution in [1.29, 1.82) is 0 Å². The summed E-state index contributed by atoms with van der Waals surface area (Å²) in [5, 5.41) is 0. The summed E-state index contributed by atoms with van der Waals surface area (Å²) in [5.74, 6) is 0.337. The Morgan fingerprint density at radius 3 is 3.04 bits per heavy atom. The summed E-state index contributed by atoms with van der Waals surface area (Å²) in [6, 6.07) is 5.97. The van der Waals surface area contributed by atoms with Crippen LogP contribution < -0.4 is 10.5 Å². The first-order chi connectivity index (χ1) is 11.1. The van der Waals surface area contributed by atoms with Crippen LogP contribution in [0.3, 0.4) is 0 Å². The molecular weight excluding hydrogens is 360 g/mol. The van der Waals surface area contributed by atoms with Crippen LogP contribution >= 0.6 is 15.9 Å². The quantitative estimate of drug-likeness (QED) is 0.880. The summed E-state index contributed by atoms with van der Waals surface area (Å²) >= 11 is 3.50. The van der Waals surface area contributed by atoms with E-state index in [-0.39, 0.29) is 5.82 Å². The molecule has 23 heavy (non-hydrogen) atoms. The minimum absolute atomic E-state index is 0.0747. The first-order valence-corrected chi connectivity index (χ1v) is 8.05. The van der Waals surface area contributed by atoms with Crippen LogP contribution in [0, 0.1) is 0 Å². The van der Waals surface area contributed by atoms with Gasteiger partial charge in [-0.25, -0.2) is 9.97 Å². The van der Waals surface area contributed by atoms with Gasteiger partial charge in [0.05, 0.1) is 12.8 Å². The van der Waals surface area contributed by atoms with E-state index in [0.29, 0.717) is 6.54 Å². The largest absolute Gasteiger partial charge is 0.496 e. The van der Waals surface area contributed by atoms with Crippen molar-refractivity contribution in [1.82, 2.24) is 14.9 Å². The number of halogens is 1. The van der Waals surface area contributed by atoms with Crippen molar-refractivity contribution < 1.29 is 9.53 Å². The van der Waals surface area contributed by atoms with Crippen LogP contribution in [0.5, 0.6) is 5.75 Å². The Hall–Kier alpha value is -1.99. The molecule has 1 amide bonds. The average molecular weight is 377 g/mol. The van der Waals surface area contributed by atoms with Gasteiger partial charge in [-0.15, -0.1) is 0 Å². The first-order valence-electron chi connectivity index (χ1n) is 7.26. The van der Waals surface area contributed by atoms with Gasteiger partial charge in [0.25, 0.3) is 5.91 Å². The summed E-state index contributed by atoms with van der Waals surface area (Å²) in [4.78, 5) is 21.8. The fraction of sp³-hybridized carbons (Fsp3) is 0.312. The molecule has 3 rings (SSSR count). The Bertz CT molecular complexity index is 751. The van der Waals surface area contributed by atoms with E-state index < -0.39 is 5.91 Å². The molecule has 0 saturated carbocycles. The number of methoxy groups -OCH3 is 1. The number of carbonyl (C=O) groups is 1. The van der Waals surface area contributed by atoms with Gasteiger partial charge in [0, 0.05) is 35.9 Å². The Labute approximate surface area is 142 Å². The average Bonchev–Trinajstić information content (AvgIpc) is 2.54. The summed E-state index contributed by atoms with van der Waals surface area (Å²) in [6.45, 7) is 2.31. The van der Waals surface area contributed by atoms with Gasteiger partial charge in [-0.3, -0.25) is 9.69 Å². The molecule has 2 heterocycles. The molecule has 0 spiro atoms. The van der Waals surface area contributed by atoms with Gasteiger partial charge >= 0.3 is 0 Å². The predicted molar refractivity (Wildman–Crippen MR) is 89.1 cm³/mol. The normalized spacial score (nSPS) is 14.3. The molecular formula is C16H17BrN4O2. The van der Waals surface area contributed by atoms with E-state index in [9.17, 15) is 4.79 Å². The second kappa shape index (κ2) is 6.64. The lowest BCUT2D eigenvalue weighted by Crippen LogP contribution is -2.32. The number of ether oxygens (including phenoxy) is 1. The van der Waals surface area contributed by atoms with Crippen molar-refractivity contribution >= 4 is 21.8 Å². The second-order valence-corrected chi connectivity index (χ2v) is 6.36. The van der Waals surface area contributed by atoms with Gasteiger partial charge < -0.3 is 10.5 Å². The Morgan fingerprint density at radius 2 is 2.30 bits per heavy atom. The van der Waals surface area contributed by atoms with Crippen molar-refractivity contribution in [2.24, 2.45) is 5.73 Å². The van der Waals surface area contributed by atoms with Crippen LogP contribution in [0.4, 0.5) is 0 Å². The highest BCUT2D eigenvalue weighted by Gasteiger charge is 2.20. The van der Waals surface area contributed by atoms with Crippen molar-refractivity contribution in [2.45, 2.75) is 19.5 Å². The van der Waals surface area contributed by atoms with E-state index >= 15 is 0 Å². The number of carbonyl (C=O) groups excluding carboxylic acids is 1. The predicted octanol–water partition coefficient (Wildman–Crippen LogP) is 1.90. The SMILES string of the molecule is COc1ccc(Br)cc1CN1CCc2cnc(C(N)=O)nc2C1. The third-order valence-electron chi connectivity index (χ3n) is 3.88. The molecule has 120 valence electrons. The Balaban J connectivity index is 1.81. The van der Waals surface area contributed by atoms with Crippen LogP contribution in [0.25, 0.3) is 0 Å². The molecule has 0 saturated heterocycles. The summed E-state index contributed by atoms with van der Waals surface area (Å²) < 4.78 is 6.45. The van der Waals surface area contributed by atoms with Crippen LogP contribution in [0.2, 0.25) is 0 Å². The van der Waals surface area contributed by atoms with Crippen molar-refractivity contribution in [3.63, 3.8) is 0 Å². The maximum absolute atomic E-state index is 11.2. The number of benzene rings is 1. The fourth-order valence-electron chi connectivity index (χ4n) is 2.72. The van der Waals surface area contributed by atoms with Crippen LogP contribution in [0.1, 0.15) is 27.4 Å². The van der Waals surface area contributed by atoms with Gasteiger partial charge in [0.1, 0.15) is 5.75 Å². The number of nitrogens with zero attached hydrogens (tertiary/aromatic N) is 3. The lowest BCUT2D eigenvalue weighted by Gasteiger charge is -2.28. The van der Waals surface area contributed by atoms with Gasteiger partial charge in [-0.05, 0) is 30.2 Å². The molecule has 0 radical (unpaired) electrons. The highest BCUT2D eigenvalue weighted by atomic mass is 79.9. The number of fused-ring (bicyclic) bond motifs is 1. The zero-order valence-corrected chi connectivity index (χ0v) is 14.3. The Morgan fingerprint density at radius 1 is 1.48 bits per heavy atom. The molecule has 1 aliphatic heterocycles. The molecule has 0 unspecified atom stereocenters. The van der Waals surface area contributed by atoms with E-state index in [1.807, 2.05) is 12.1 Å². The minimum atomic E-state index is -0.599. The van der Waals surface area contributed by atoms with Crippen LogP contribution in [0.15, 0.2) is 28.9 Å². The van der Waals surface area contributed by atoms with E-state index in [0.717, 1.165) is 46.6 Å². The number of rotatable bonds is 4. The zero-order chi connectivity index (χ0) is 16.4. The lowest BCUT2D eigenvalue weighted by molar-refractivity contribution is 0.0989. The number of amides is 1. The molecule has 0 fully saturated rings. The van der Waals surface area contributed by atoms with Crippen molar-refractivity contribution in [3.8, 4) is 5.75 Å². The minimum Gasteiger partial charge on any atom is -0.496 e. The van der Waals surface area contributed by atoms with E-state index in [4.69, 9.17) is 10.5 Å². The standard InChI is InChI=1S/C16H17BrN4O2/c1-23-14-3-2-12(17)6-11(14)8-21-5-4-10-7-19-16(15(18)22)20-13(10)9-21/h2-3,6-7H,4-5,8-9H2,1H3,(H2,18,22). The fourth-order valence-corrected chi connectivity index (χ4v) is 3.13. The number of hydrogen-bond donors (Lipinski definition) is 1. The van der Waals surface area contributed by atoms with E-state index in [1.54, 1.807) is 13.3 Å². The third kappa shape index (κ3) is 3.51. The zero-order valence-electron chi connectivity index (χ0n) is 12.8. The molecule has 0 bridgehead atoms. The van der Waals surface area contributed by atoms with E-state index in [2.05, 4.69) is 36.9 Å². The van der Waals surface area contributed by atoms with Gasteiger partial charge in [-0.1, -0.05) is 15.9 Å². The van der Waals surface area contributed by atoms with Gasteiger partial charge in [0.2, 0.25) is 5.82 Å². The molecule has 6 nitrogen and oxygen atoms in total. The topological polar surface area (TPSA) is 81.3 Å². The lowest BCUT2D eigenvalue weighted by atomic mass is 10.1. The summed E-state index contributed by atoms with van der Waals surface area (Å²) in [6.07, 6.45) is 2.56. The van der Waals surface area contributed by atoms with Crippen LogP contribution in [-0.4, -0.2) is 34.4 Å². The second-order valence-electron chi connectivity index (χ2n) is 5.45. The molecule has 7 heteroatoms. The summed E-state index contributed by atoms with van der Waals surface area (Å²) in [7, 11) is 1.67. The van der Waals surface area contributed by atoms with Crippen molar-refractivity contribution in [2.75, 3.05) is 13.7 Å². The molecule has 0 aliphatic carbocycles. The van der Waals surface area contributed by atoms with E-state index in [1.165, 1.54) is 0 Å². The summed E-state index contributed by atoms with van der Waals surface area (Å²) in [5.41, 5.74) is 8.31. The van der Waals surface area contributed by atoms with Gasteiger partial charge in [0.15, 0.2) is 0 Å². The molecule has 1 aromatic carbocycles. The van der Waals surface area contributed by atoms with Crippen molar-refractivity contribution in [3.05, 3.63) is 51.5 Å². The Kier molecular flexibility index (Phi) is 4.58. The third-order valence-corrected chi connectivity index (χ3v) is 4.37. The number of primary amides is 1. The highest BCUT2D eigenvalue weighted by molar-refractivity contribution is 9.10. The number of nitrogens with two attached hydrogens (primary N) is 1. The molecule has 1 aliphatic rings. The monoisotopic (exact) mass is 376 g/mol. The molecule has 1 aromatic heterocycles.